The van der Waals surface area contributed by atoms with Gasteiger partial charge in [-0.15, -0.1) is 0 Å². The molecule has 0 spiro atoms. The van der Waals surface area contributed by atoms with E-state index in [0.717, 1.165) is 6.42 Å². The zero-order valence-corrected chi connectivity index (χ0v) is 12.6. The highest BCUT2D eigenvalue weighted by Crippen LogP contribution is 2.18. The number of ether oxygens (including phenoxy) is 1. The molecule has 1 atom stereocenters. The summed E-state index contributed by atoms with van der Waals surface area (Å²) in [6.07, 6.45) is 0.257. The molecule has 0 bridgehead atoms. The van der Waals surface area contributed by atoms with Crippen molar-refractivity contribution in [1.29, 1.82) is 0 Å². The molecular formula is C13H24N2O6. The highest BCUT2D eigenvalue weighted by atomic mass is 16.5. The van der Waals surface area contributed by atoms with Gasteiger partial charge in [0.15, 0.2) is 0 Å². The van der Waals surface area contributed by atoms with Crippen LogP contribution in [0.15, 0.2) is 0 Å². The molecular weight excluding hydrogens is 280 g/mol. The van der Waals surface area contributed by atoms with Crippen LogP contribution in [0.5, 0.6) is 0 Å². The highest BCUT2D eigenvalue weighted by Gasteiger charge is 2.23. The van der Waals surface area contributed by atoms with E-state index in [1.54, 1.807) is 7.11 Å². The monoisotopic (exact) mass is 304 g/mol. The van der Waals surface area contributed by atoms with E-state index in [-0.39, 0.29) is 18.3 Å². The largest absolute Gasteiger partial charge is 0.481 e. The maximum atomic E-state index is 11.7. The maximum Gasteiger partial charge on any atom is 0.326 e. The average Bonchev–Trinajstić information content (AvgIpc) is 2.38. The Balaban J connectivity index is 4.25. The molecule has 0 aliphatic carbocycles. The quantitative estimate of drug-likeness (QED) is 0.470. The number of rotatable bonds is 10. The smallest absolute Gasteiger partial charge is 0.326 e. The Bertz CT molecular complexity index is 370. The van der Waals surface area contributed by atoms with Gasteiger partial charge in [0.1, 0.15) is 6.04 Å². The molecule has 8 heteroatoms. The average molecular weight is 304 g/mol. The fraction of sp³-hybridized carbons (Fsp3) is 0.769. The first-order chi connectivity index (χ1) is 9.68. The molecule has 0 aromatic heterocycles. The molecule has 0 rings (SSSR count). The number of carbonyl (C=O) groups excluding carboxylic acids is 1. The number of amides is 2. The SMILES string of the molecule is COCCC(C)(C)CNC(=O)NC(CCC(=O)O)C(=O)O. The lowest BCUT2D eigenvalue weighted by Crippen LogP contribution is -2.48. The molecule has 2 amide bonds. The molecule has 1 unspecified atom stereocenters. The number of carboxylic acid groups (broad SMARTS) is 2. The zero-order chi connectivity index (χ0) is 16.5. The Morgan fingerprint density at radius 1 is 1.24 bits per heavy atom. The molecule has 0 fully saturated rings. The van der Waals surface area contributed by atoms with Crippen molar-refractivity contribution in [3.8, 4) is 0 Å². The van der Waals surface area contributed by atoms with Crippen molar-refractivity contribution >= 4 is 18.0 Å². The number of hydrogen-bond donors (Lipinski definition) is 4. The zero-order valence-electron chi connectivity index (χ0n) is 12.6. The molecule has 8 nitrogen and oxygen atoms in total. The number of urea groups is 1. The van der Waals surface area contributed by atoms with Crippen LogP contribution in [-0.2, 0) is 14.3 Å². The van der Waals surface area contributed by atoms with E-state index in [4.69, 9.17) is 14.9 Å². The van der Waals surface area contributed by atoms with E-state index in [0.29, 0.717) is 13.2 Å². The van der Waals surface area contributed by atoms with E-state index in [2.05, 4.69) is 10.6 Å². The maximum absolute atomic E-state index is 11.7. The number of hydrogen-bond acceptors (Lipinski definition) is 4. The van der Waals surface area contributed by atoms with Gasteiger partial charge in [0.05, 0.1) is 0 Å². The summed E-state index contributed by atoms with van der Waals surface area (Å²) in [7, 11) is 1.59. The first-order valence-corrected chi connectivity index (χ1v) is 6.66. The molecule has 0 aliphatic heterocycles. The van der Waals surface area contributed by atoms with Crippen LogP contribution in [-0.4, -0.2) is 54.5 Å². The number of carbonyl (C=O) groups is 3. The summed E-state index contributed by atoms with van der Waals surface area (Å²) in [6, 6.07) is -1.85. The third kappa shape index (κ3) is 9.67. The molecule has 21 heavy (non-hydrogen) atoms. The van der Waals surface area contributed by atoms with Crippen LogP contribution in [0.4, 0.5) is 4.79 Å². The van der Waals surface area contributed by atoms with Gasteiger partial charge in [0.2, 0.25) is 0 Å². The van der Waals surface area contributed by atoms with Gasteiger partial charge < -0.3 is 25.6 Å². The summed E-state index contributed by atoms with van der Waals surface area (Å²) in [5, 5.41) is 22.3. The molecule has 0 aliphatic rings. The summed E-state index contributed by atoms with van der Waals surface area (Å²) < 4.78 is 4.97. The third-order valence-electron chi connectivity index (χ3n) is 2.96. The second-order valence-corrected chi connectivity index (χ2v) is 5.56. The second-order valence-electron chi connectivity index (χ2n) is 5.56. The molecule has 0 heterocycles. The lowest BCUT2D eigenvalue weighted by Gasteiger charge is -2.25. The molecule has 0 radical (unpaired) electrons. The van der Waals surface area contributed by atoms with Gasteiger partial charge in [-0.05, 0) is 18.3 Å². The number of aliphatic carboxylic acids is 2. The Morgan fingerprint density at radius 3 is 2.33 bits per heavy atom. The minimum atomic E-state index is -1.26. The Hall–Kier alpha value is -1.83. The van der Waals surface area contributed by atoms with Crippen molar-refractivity contribution in [2.24, 2.45) is 5.41 Å². The molecule has 0 saturated heterocycles. The topological polar surface area (TPSA) is 125 Å². The minimum absolute atomic E-state index is 0.162. The van der Waals surface area contributed by atoms with E-state index < -0.39 is 24.0 Å². The predicted octanol–water partition coefficient (Wildman–Crippen LogP) is 0.666. The van der Waals surface area contributed by atoms with Crippen LogP contribution in [0.25, 0.3) is 0 Å². The van der Waals surface area contributed by atoms with Gasteiger partial charge in [-0.3, -0.25) is 4.79 Å². The Labute approximate surface area is 123 Å². The lowest BCUT2D eigenvalue weighted by molar-refractivity contribution is -0.140. The molecule has 0 aromatic rings. The standard InChI is InChI=1S/C13H24N2O6/c1-13(2,6-7-21-3)8-14-12(20)15-9(11(18)19)4-5-10(16)17/h9H,4-8H2,1-3H3,(H,16,17)(H,18,19)(H2,14,15,20). The number of methoxy groups -OCH3 is 1. The fourth-order valence-electron chi connectivity index (χ4n) is 1.52. The summed E-state index contributed by atoms with van der Waals surface area (Å²) >= 11 is 0. The van der Waals surface area contributed by atoms with Gasteiger partial charge in [0, 0.05) is 26.7 Å². The summed E-state index contributed by atoms with van der Waals surface area (Å²) in [5.41, 5.74) is -0.187. The van der Waals surface area contributed by atoms with Crippen LogP contribution >= 0.6 is 0 Å². The van der Waals surface area contributed by atoms with Crippen LogP contribution in [0.2, 0.25) is 0 Å². The van der Waals surface area contributed by atoms with Gasteiger partial charge in [0.25, 0.3) is 0 Å². The van der Waals surface area contributed by atoms with E-state index in [1.165, 1.54) is 0 Å². The first-order valence-electron chi connectivity index (χ1n) is 6.66. The first kappa shape index (κ1) is 19.2. The number of nitrogens with one attached hydrogen (secondary N) is 2. The van der Waals surface area contributed by atoms with Gasteiger partial charge in [-0.25, -0.2) is 9.59 Å². The third-order valence-corrected chi connectivity index (χ3v) is 2.96. The fourth-order valence-corrected chi connectivity index (χ4v) is 1.52. The summed E-state index contributed by atoms with van der Waals surface area (Å²) in [4.78, 5) is 33.0. The van der Waals surface area contributed by atoms with Crippen molar-refractivity contribution in [3.05, 3.63) is 0 Å². The molecule has 0 aromatic carbocycles. The normalized spacial score (nSPS) is 12.5. The van der Waals surface area contributed by atoms with Crippen molar-refractivity contribution in [2.75, 3.05) is 20.3 Å². The Kier molecular flexibility index (Phi) is 8.37. The number of carboxylic acids is 2. The summed E-state index contributed by atoms with van der Waals surface area (Å²) in [6.45, 7) is 4.82. The van der Waals surface area contributed by atoms with Crippen LogP contribution in [0.3, 0.4) is 0 Å². The van der Waals surface area contributed by atoms with Crippen molar-refractivity contribution in [1.82, 2.24) is 10.6 Å². The van der Waals surface area contributed by atoms with E-state index in [9.17, 15) is 14.4 Å². The van der Waals surface area contributed by atoms with Gasteiger partial charge in [-0.2, -0.15) is 0 Å². The van der Waals surface area contributed by atoms with Crippen molar-refractivity contribution in [2.45, 2.75) is 39.2 Å². The molecule has 0 saturated carbocycles. The van der Waals surface area contributed by atoms with Crippen LogP contribution < -0.4 is 10.6 Å². The molecule has 4 N–H and O–H groups in total. The van der Waals surface area contributed by atoms with Gasteiger partial charge >= 0.3 is 18.0 Å². The van der Waals surface area contributed by atoms with Crippen molar-refractivity contribution < 1.29 is 29.3 Å². The van der Waals surface area contributed by atoms with Gasteiger partial charge in [-0.1, -0.05) is 13.8 Å². The van der Waals surface area contributed by atoms with Crippen molar-refractivity contribution in [3.63, 3.8) is 0 Å². The Morgan fingerprint density at radius 2 is 1.86 bits per heavy atom. The predicted molar refractivity (Wildman–Crippen MR) is 75.1 cm³/mol. The van der Waals surface area contributed by atoms with E-state index >= 15 is 0 Å². The highest BCUT2D eigenvalue weighted by molar-refractivity contribution is 5.83. The van der Waals surface area contributed by atoms with Crippen LogP contribution in [0, 0.1) is 5.41 Å². The van der Waals surface area contributed by atoms with E-state index in [1.807, 2.05) is 13.8 Å². The minimum Gasteiger partial charge on any atom is -0.481 e. The lowest BCUT2D eigenvalue weighted by atomic mass is 9.90. The van der Waals surface area contributed by atoms with Crippen LogP contribution in [0.1, 0.15) is 33.1 Å². The summed E-state index contributed by atoms with van der Waals surface area (Å²) in [5.74, 6) is -2.37. The second kappa shape index (κ2) is 9.17. The molecule has 122 valence electrons.